The van der Waals surface area contributed by atoms with Gasteiger partial charge in [-0.3, -0.25) is 9.59 Å². The monoisotopic (exact) mass is 397 g/mol. The van der Waals surface area contributed by atoms with Crippen LogP contribution >= 0.6 is 24.0 Å². The number of anilines is 1. The largest absolute Gasteiger partial charge is 0.342 e. The molecule has 0 aliphatic carbocycles. The highest BCUT2D eigenvalue weighted by Gasteiger charge is 2.42. The molecule has 5 nitrogen and oxygen atoms in total. The minimum atomic E-state index is -0.559. The molecular weight excluding hydrogens is 373 g/mol. The van der Waals surface area contributed by atoms with E-state index < -0.39 is 5.92 Å². The zero-order chi connectivity index (χ0) is 17.6. The normalized spacial score (nSPS) is 30.2. The Balaban J connectivity index is 0.00000196. The molecule has 3 unspecified atom stereocenters. The molecule has 0 spiro atoms. The van der Waals surface area contributed by atoms with Crippen molar-refractivity contribution in [1.82, 2.24) is 10.2 Å². The molecule has 2 bridgehead atoms. The van der Waals surface area contributed by atoms with Crippen LogP contribution < -0.4 is 10.2 Å². The van der Waals surface area contributed by atoms with Crippen molar-refractivity contribution in [1.29, 1.82) is 0 Å². The first kappa shape index (κ1) is 19.5. The fourth-order valence-electron chi connectivity index (χ4n) is 4.58. The Morgan fingerprint density at radius 3 is 2.58 bits per heavy atom. The number of hydrogen-bond acceptors (Lipinski definition) is 3. The molecule has 7 heteroatoms. The van der Waals surface area contributed by atoms with Crippen molar-refractivity contribution in [3.05, 3.63) is 29.3 Å². The maximum absolute atomic E-state index is 13.0. The van der Waals surface area contributed by atoms with E-state index in [9.17, 15) is 9.59 Å². The molecule has 1 aromatic rings. The zero-order valence-electron chi connectivity index (χ0n) is 14.9. The molecule has 0 saturated carbocycles. The third-order valence-corrected chi connectivity index (χ3v) is 6.20. The number of nitrogens with one attached hydrogen (secondary N) is 1. The van der Waals surface area contributed by atoms with Gasteiger partial charge in [-0.2, -0.15) is 0 Å². The van der Waals surface area contributed by atoms with Crippen molar-refractivity contribution in [3.8, 4) is 0 Å². The summed E-state index contributed by atoms with van der Waals surface area (Å²) in [5.74, 6) is -0.687. The van der Waals surface area contributed by atoms with E-state index in [-0.39, 0.29) is 30.3 Å². The van der Waals surface area contributed by atoms with Gasteiger partial charge in [0.1, 0.15) is 5.92 Å². The lowest BCUT2D eigenvalue weighted by atomic mass is 9.96. The fourth-order valence-corrected chi connectivity index (χ4v) is 4.76. The predicted octanol–water partition coefficient (Wildman–Crippen LogP) is 2.86. The van der Waals surface area contributed by atoms with Gasteiger partial charge in [0.05, 0.1) is 0 Å². The second-order valence-corrected chi connectivity index (χ2v) is 7.96. The van der Waals surface area contributed by atoms with Crippen LogP contribution in [0.25, 0.3) is 0 Å². The topological polar surface area (TPSA) is 52.7 Å². The SMILES string of the molecule is CN(C(=O)C1CCN(c2cccc(Cl)c2)C1=O)C1CC2CCC(C1)N2.Cl. The van der Waals surface area contributed by atoms with E-state index in [1.165, 1.54) is 12.8 Å². The molecule has 0 aromatic heterocycles. The molecule has 142 valence electrons. The van der Waals surface area contributed by atoms with E-state index >= 15 is 0 Å². The Kier molecular flexibility index (Phi) is 5.80. The number of halogens is 2. The molecule has 0 radical (unpaired) electrons. The Morgan fingerprint density at radius 2 is 1.92 bits per heavy atom. The summed E-state index contributed by atoms with van der Waals surface area (Å²) in [6, 6.07) is 8.57. The number of fused-ring (bicyclic) bond motifs is 2. The summed E-state index contributed by atoms with van der Waals surface area (Å²) in [7, 11) is 1.87. The van der Waals surface area contributed by atoms with E-state index in [1.807, 2.05) is 24.1 Å². The smallest absolute Gasteiger partial charge is 0.239 e. The third-order valence-electron chi connectivity index (χ3n) is 5.97. The van der Waals surface area contributed by atoms with Crippen LogP contribution in [0.5, 0.6) is 0 Å². The number of nitrogens with zero attached hydrogens (tertiary/aromatic N) is 2. The van der Waals surface area contributed by atoms with E-state index in [0.29, 0.717) is 30.1 Å². The molecule has 3 aliphatic rings. The van der Waals surface area contributed by atoms with Gasteiger partial charge in [-0.1, -0.05) is 17.7 Å². The van der Waals surface area contributed by atoms with Gasteiger partial charge in [-0.05, 0) is 50.3 Å². The second kappa shape index (κ2) is 7.75. The van der Waals surface area contributed by atoms with Gasteiger partial charge in [0.2, 0.25) is 11.8 Å². The Labute approximate surface area is 165 Å². The summed E-state index contributed by atoms with van der Waals surface area (Å²) >= 11 is 6.04. The van der Waals surface area contributed by atoms with Crippen LogP contribution in [0.4, 0.5) is 5.69 Å². The average Bonchev–Trinajstić information content (AvgIpc) is 3.15. The van der Waals surface area contributed by atoms with Crippen LogP contribution in [0.3, 0.4) is 0 Å². The number of rotatable bonds is 3. The Morgan fingerprint density at radius 1 is 1.23 bits per heavy atom. The maximum Gasteiger partial charge on any atom is 0.239 e. The van der Waals surface area contributed by atoms with Crippen molar-refractivity contribution in [2.24, 2.45) is 5.92 Å². The molecule has 2 amide bonds. The fraction of sp³-hybridized carbons (Fsp3) is 0.579. The summed E-state index contributed by atoms with van der Waals surface area (Å²) in [5.41, 5.74) is 0.773. The highest BCUT2D eigenvalue weighted by molar-refractivity contribution is 6.31. The summed E-state index contributed by atoms with van der Waals surface area (Å²) in [4.78, 5) is 29.3. The quantitative estimate of drug-likeness (QED) is 0.797. The highest BCUT2D eigenvalue weighted by atomic mass is 35.5. The number of carbonyl (C=O) groups excluding carboxylic acids is 2. The van der Waals surface area contributed by atoms with E-state index in [4.69, 9.17) is 11.6 Å². The number of benzene rings is 1. The second-order valence-electron chi connectivity index (χ2n) is 7.52. The lowest BCUT2D eigenvalue weighted by Gasteiger charge is -2.36. The number of carbonyl (C=O) groups is 2. The predicted molar refractivity (Wildman–Crippen MR) is 105 cm³/mol. The third kappa shape index (κ3) is 3.57. The van der Waals surface area contributed by atoms with Crippen LogP contribution in [-0.2, 0) is 9.59 Å². The molecule has 3 atom stereocenters. The first-order chi connectivity index (χ1) is 12.0. The van der Waals surface area contributed by atoms with Crippen LogP contribution in [0, 0.1) is 5.92 Å². The average molecular weight is 398 g/mol. The maximum atomic E-state index is 13.0. The van der Waals surface area contributed by atoms with Crippen LogP contribution in [0.15, 0.2) is 24.3 Å². The molecule has 3 saturated heterocycles. The lowest BCUT2D eigenvalue weighted by molar-refractivity contribution is -0.141. The summed E-state index contributed by atoms with van der Waals surface area (Å²) in [6.45, 7) is 0.570. The van der Waals surface area contributed by atoms with Crippen LogP contribution in [-0.4, -0.2) is 48.4 Å². The van der Waals surface area contributed by atoms with Crippen molar-refractivity contribution >= 4 is 41.5 Å². The molecular formula is C19H25Cl2N3O2. The van der Waals surface area contributed by atoms with Gasteiger partial charge in [-0.25, -0.2) is 0 Å². The Bertz CT molecular complexity index is 687. The molecule has 4 rings (SSSR count). The highest BCUT2D eigenvalue weighted by Crippen LogP contribution is 2.32. The molecule has 26 heavy (non-hydrogen) atoms. The molecule has 3 fully saturated rings. The molecule has 3 aliphatic heterocycles. The summed E-state index contributed by atoms with van der Waals surface area (Å²) < 4.78 is 0. The van der Waals surface area contributed by atoms with Gasteiger partial charge in [0.25, 0.3) is 0 Å². The summed E-state index contributed by atoms with van der Waals surface area (Å²) in [5, 5.41) is 4.20. The molecule has 1 aromatic carbocycles. The van der Waals surface area contributed by atoms with Crippen molar-refractivity contribution in [2.75, 3.05) is 18.5 Å². The molecule has 1 N–H and O–H groups in total. The van der Waals surface area contributed by atoms with Gasteiger partial charge >= 0.3 is 0 Å². The number of piperidine rings is 1. The summed E-state index contributed by atoms with van der Waals surface area (Å²) in [6.07, 6.45) is 4.98. The first-order valence-electron chi connectivity index (χ1n) is 9.12. The van der Waals surface area contributed by atoms with Crippen molar-refractivity contribution in [3.63, 3.8) is 0 Å². The van der Waals surface area contributed by atoms with Crippen LogP contribution in [0.1, 0.15) is 32.1 Å². The number of hydrogen-bond donors (Lipinski definition) is 1. The van der Waals surface area contributed by atoms with Crippen molar-refractivity contribution in [2.45, 2.75) is 50.2 Å². The zero-order valence-corrected chi connectivity index (χ0v) is 16.4. The lowest BCUT2D eigenvalue weighted by Crippen LogP contribution is -2.50. The van der Waals surface area contributed by atoms with Crippen LogP contribution in [0.2, 0.25) is 5.02 Å². The van der Waals surface area contributed by atoms with E-state index in [1.54, 1.807) is 17.0 Å². The standard InChI is InChI=1S/C19H24ClN3O2.ClH/c1-22(16-10-13-5-6-14(11-16)21-13)18(24)17-7-8-23(19(17)25)15-4-2-3-12(20)9-15;/h2-4,9,13-14,16-17,21H,5-8,10-11H2,1H3;1H. The van der Waals surface area contributed by atoms with E-state index in [0.717, 1.165) is 18.5 Å². The Hall–Kier alpha value is -1.30. The first-order valence-corrected chi connectivity index (χ1v) is 9.50. The van der Waals surface area contributed by atoms with Crippen molar-refractivity contribution < 1.29 is 9.59 Å². The minimum Gasteiger partial charge on any atom is -0.342 e. The minimum absolute atomic E-state index is 0. The van der Waals surface area contributed by atoms with Gasteiger partial charge in [0.15, 0.2) is 0 Å². The molecule has 3 heterocycles. The van der Waals surface area contributed by atoms with Gasteiger partial charge in [-0.15, -0.1) is 12.4 Å². The number of amides is 2. The van der Waals surface area contributed by atoms with Gasteiger partial charge in [0, 0.05) is 42.4 Å². The van der Waals surface area contributed by atoms with E-state index in [2.05, 4.69) is 5.32 Å². The van der Waals surface area contributed by atoms with Gasteiger partial charge < -0.3 is 15.1 Å².